The number of nitrogens with zero attached hydrogens (tertiary/aromatic N) is 2. The summed E-state index contributed by atoms with van der Waals surface area (Å²) in [6.07, 6.45) is 5.88. The van der Waals surface area contributed by atoms with Gasteiger partial charge in [0.05, 0.1) is 0 Å². The minimum atomic E-state index is 0.976. The van der Waals surface area contributed by atoms with Crippen LogP contribution in [-0.2, 0) is 6.42 Å². The van der Waals surface area contributed by atoms with E-state index >= 15 is 0 Å². The number of unbranched alkanes of at least 4 members (excludes halogenated alkanes) is 2. The highest BCUT2D eigenvalue weighted by atomic mass is 32.1. The van der Waals surface area contributed by atoms with Crippen molar-refractivity contribution in [1.82, 2.24) is 9.36 Å². The molecule has 0 atom stereocenters. The van der Waals surface area contributed by atoms with Crippen molar-refractivity contribution in [2.24, 2.45) is 0 Å². The summed E-state index contributed by atoms with van der Waals surface area (Å²) in [5.74, 6) is 0.982. The molecule has 0 aliphatic carbocycles. The number of hydrogen-bond acceptors (Lipinski definition) is 4. The Hall–Kier alpha value is -0.640. The van der Waals surface area contributed by atoms with Gasteiger partial charge < -0.3 is 5.32 Å². The highest BCUT2D eigenvalue weighted by molar-refractivity contribution is 7.09. The maximum Gasteiger partial charge on any atom is 0.202 e. The molecule has 0 saturated carbocycles. The number of aromatic nitrogens is 2. The first-order valence-electron chi connectivity index (χ1n) is 5.43. The van der Waals surface area contributed by atoms with Gasteiger partial charge in [0.1, 0.15) is 5.82 Å². The fourth-order valence-electron chi connectivity index (χ4n) is 1.22. The Morgan fingerprint density at radius 1 is 1.21 bits per heavy atom. The zero-order chi connectivity index (χ0) is 10.2. The molecule has 1 N–H and O–H groups in total. The second-order valence-corrected chi connectivity index (χ2v) is 4.15. The van der Waals surface area contributed by atoms with Crippen LogP contribution in [0.2, 0.25) is 0 Å². The molecule has 0 unspecified atom stereocenters. The van der Waals surface area contributed by atoms with Crippen molar-refractivity contribution in [3.63, 3.8) is 0 Å². The Morgan fingerprint density at radius 2 is 2.07 bits per heavy atom. The van der Waals surface area contributed by atoms with E-state index in [1.54, 1.807) is 0 Å². The lowest BCUT2D eigenvalue weighted by Crippen LogP contribution is -2.00. The molecule has 0 spiro atoms. The number of hydrogen-bond donors (Lipinski definition) is 1. The first-order valence-corrected chi connectivity index (χ1v) is 6.20. The van der Waals surface area contributed by atoms with E-state index in [0.717, 1.165) is 30.3 Å². The van der Waals surface area contributed by atoms with Crippen LogP contribution in [0, 0.1) is 0 Å². The van der Waals surface area contributed by atoms with Crippen LogP contribution in [0.3, 0.4) is 0 Å². The molecule has 0 saturated heterocycles. The standard InChI is InChI=1S/C10H19N3S/c1-3-5-6-8-11-10-12-9(7-4-2)13-14-10/h3-8H2,1-2H3,(H,11,12,13). The third-order valence-electron chi connectivity index (χ3n) is 2.00. The van der Waals surface area contributed by atoms with Crippen LogP contribution in [0.25, 0.3) is 0 Å². The van der Waals surface area contributed by atoms with Gasteiger partial charge in [-0.25, -0.2) is 4.98 Å². The molecular formula is C10H19N3S. The summed E-state index contributed by atoms with van der Waals surface area (Å²) in [5.41, 5.74) is 0. The average molecular weight is 213 g/mol. The lowest BCUT2D eigenvalue weighted by Gasteiger charge is -1.99. The maximum atomic E-state index is 4.39. The minimum Gasteiger partial charge on any atom is -0.360 e. The van der Waals surface area contributed by atoms with Gasteiger partial charge in [-0.05, 0) is 12.8 Å². The fraction of sp³-hybridized carbons (Fsp3) is 0.800. The fourth-order valence-corrected chi connectivity index (χ4v) is 1.86. The van der Waals surface area contributed by atoms with Crippen LogP contribution in [0.15, 0.2) is 0 Å². The molecule has 0 aliphatic rings. The van der Waals surface area contributed by atoms with Crippen LogP contribution in [-0.4, -0.2) is 15.9 Å². The molecule has 1 aromatic rings. The van der Waals surface area contributed by atoms with Gasteiger partial charge in [-0.15, -0.1) is 0 Å². The van der Waals surface area contributed by atoms with Gasteiger partial charge in [0, 0.05) is 24.5 Å². The summed E-state index contributed by atoms with van der Waals surface area (Å²) in [5, 5.41) is 4.28. The molecule has 0 radical (unpaired) electrons. The minimum absolute atomic E-state index is 0.976. The Kier molecular flexibility index (Phi) is 5.52. The van der Waals surface area contributed by atoms with Gasteiger partial charge >= 0.3 is 0 Å². The summed E-state index contributed by atoms with van der Waals surface area (Å²) in [6, 6.07) is 0. The SMILES string of the molecule is CCCCCNc1nc(CCC)ns1. The lowest BCUT2D eigenvalue weighted by atomic mass is 10.2. The summed E-state index contributed by atoms with van der Waals surface area (Å²) < 4.78 is 4.27. The van der Waals surface area contributed by atoms with E-state index < -0.39 is 0 Å². The van der Waals surface area contributed by atoms with Crippen molar-refractivity contribution in [1.29, 1.82) is 0 Å². The van der Waals surface area contributed by atoms with Crippen molar-refractivity contribution in [2.75, 3.05) is 11.9 Å². The van der Waals surface area contributed by atoms with Crippen molar-refractivity contribution in [3.8, 4) is 0 Å². The lowest BCUT2D eigenvalue weighted by molar-refractivity contribution is 0.743. The average Bonchev–Trinajstić information content (AvgIpc) is 2.61. The maximum absolute atomic E-state index is 4.39. The third kappa shape index (κ3) is 4.05. The quantitative estimate of drug-likeness (QED) is 0.707. The third-order valence-corrected chi connectivity index (χ3v) is 2.71. The predicted octanol–water partition coefficient (Wildman–Crippen LogP) is 3.09. The molecule has 1 aromatic heterocycles. The second kappa shape index (κ2) is 6.76. The molecule has 0 bridgehead atoms. The largest absolute Gasteiger partial charge is 0.360 e. The van der Waals surface area contributed by atoms with Crippen LogP contribution in [0.1, 0.15) is 45.4 Å². The summed E-state index contributed by atoms with van der Waals surface area (Å²) in [6.45, 7) is 5.38. The summed E-state index contributed by atoms with van der Waals surface area (Å²) in [7, 11) is 0. The number of anilines is 1. The van der Waals surface area contributed by atoms with Gasteiger partial charge in [-0.2, -0.15) is 4.37 Å². The Labute approximate surface area is 90.1 Å². The molecule has 3 nitrogen and oxygen atoms in total. The van der Waals surface area contributed by atoms with Gasteiger partial charge in [0.2, 0.25) is 5.13 Å². The van der Waals surface area contributed by atoms with Crippen molar-refractivity contribution in [3.05, 3.63) is 5.82 Å². The van der Waals surface area contributed by atoms with Gasteiger partial charge in [-0.1, -0.05) is 26.7 Å². The summed E-state index contributed by atoms with van der Waals surface area (Å²) in [4.78, 5) is 4.39. The topological polar surface area (TPSA) is 37.8 Å². The smallest absolute Gasteiger partial charge is 0.202 e. The normalized spacial score (nSPS) is 10.4. The Balaban J connectivity index is 2.22. The van der Waals surface area contributed by atoms with Gasteiger partial charge in [0.15, 0.2) is 0 Å². The Bertz CT molecular complexity index is 247. The number of rotatable bonds is 7. The number of nitrogens with one attached hydrogen (secondary N) is 1. The van der Waals surface area contributed by atoms with Gasteiger partial charge in [-0.3, -0.25) is 0 Å². The van der Waals surface area contributed by atoms with Crippen molar-refractivity contribution < 1.29 is 0 Å². The molecule has 0 fully saturated rings. The Morgan fingerprint density at radius 3 is 2.79 bits per heavy atom. The molecule has 0 amide bonds. The monoisotopic (exact) mass is 213 g/mol. The van der Waals surface area contributed by atoms with E-state index in [0.29, 0.717) is 0 Å². The first-order chi connectivity index (χ1) is 6.86. The molecule has 0 aliphatic heterocycles. The molecule has 80 valence electrons. The zero-order valence-corrected chi connectivity index (χ0v) is 9.86. The van der Waals surface area contributed by atoms with E-state index in [9.17, 15) is 0 Å². The van der Waals surface area contributed by atoms with Crippen LogP contribution in [0.4, 0.5) is 5.13 Å². The molecular weight excluding hydrogens is 194 g/mol. The van der Waals surface area contributed by atoms with Crippen LogP contribution < -0.4 is 5.32 Å². The van der Waals surface area contributed by atoms with Crippen molar-refractivity contribution >= 4 is 16.7 Å². The molecule has 14 heavy (non-hydrogen) atoms. The van der Waals surface area contributed by atoms with Gasteiger partial charge in [0.25, 0.3) is 0 Å². The van der Waals surface area contributed by atoms with Crippen molar-refractivity contribution in [2.45, 2.75) is 46.0 Å². The number of aryl methyl sites for hydroxylation is 1. The second-order valence-electron chi connectivity index (χ2n) is 3.40. The highest BCUT2D eigenvalue weighted by Gasteiger charge is 2.01. The predicted molar refractivity (Wildman–Crippen MR) is 61.9 cm³/mol. The summed E-state index contributed by atoms with van der Waals surface area (Å²) >= 11 is 1.48. The van der Waals surface area contributed by atoms with Crippen LogP contribution >= 0.6 is 11.5 Å². The molecule has 4 heteroatoms. The first kappa shape index (κ1) is 11.4. The zero-order valence-electron chi connectivity index (χ0n) is 9.05. The molecule has 1 rings (SSSR count). The van der Waals surface area contributed by atoms with E-state index in [2.05, 4.69) is 28.5 Å². The molecule has 1 heterocycles. The van der Waals surface area contributed by atoms with E-state index in [4.69, 9.17) is 0 Å². The molecule has 0 aromatic carbocycles. The highest BCUT2D eigenvalue weighted by Crippen LogP contribution is 2.12. The van der Waals surface area contributed by atoms with E-state index in [1.807, 2.05) is 0 Å². The van der Waals surface area contributed by atoms with E-state index in [1.165, 1.54) is 30.8 Å². The van der Waals surface area contributed by atoms with Crippen LogP contribution in [0.5, 0.6) is 0 Å². The van der Waals surface area contributed by atoms with E-state index in [-0.39, 0.29) is 0 Å².